The smallest absolute Gasteiger partial charge is 0.116 e. The molecule has 92 valence electrons. The van der Waals surface area contributed by atoms with Gasteiger partial charge < -0.3 is 0 Å². The molecule has 0 atom stereocenters. The molecule has 1 aromatic carbocycles. The topological polar surface area (TPSA) is 0 Å². The molecular formula is C16H24Si. The van der Waals surface area contributed by atoms with Crippen molar-refractivity contribution in [1.29, 1.82) is 0 Å². The fourth-order valence-electron chi connectivity index (χ4n) is 2.20. The molecular weight excluding hydrogens is 220 g/mol. The second kappa shape index (κ2) is 6.63. The lowest BCUT2D eigenvalue weighted by atomic mass is 10.2. The summed E-state index contributed by atoms with van der Waals surface area (Å²) in [6.45, 7) is 11.0. The van der Waals surface area contributed by atoms with Gasteiger partial charge in [-0.3, -0.25) is 0 Å². The predicted molar refractivity (Wildman–Crippen MR) is 80.4 cm³/mol. The van der Waals surface area contributed by atoms with E-state index in [0.29, 0.717) is 0 Å². The Morgan fingerprint density at radius 2 is 1.82 bits per heavy atom. The zero-order valence-electron chi connectivity index (χ0n) is 11.4. The van der Waals surface area contributed by atoms with Crippen molar-refractivity contribution in [3.05, 3.63) is 47.8 Å². The summed E-state index contributed by atoms with van der Waals surface area (Å²) < 4.78 is 0. The predicted octanol–water partition coefficient (Wildman–Crippen LogP) is 4.43. The maximum Gasteiger partial charge on any atom is 0.116 e. The van der Waals surface area contributed by atoms with Crippen LogP contribution in [0.4, 0.5) is 0 Å². The Hall–Kier alpha value is -1.04. The molecule has 0 amide bonds. The van der Waals surface area contributed by atoms with Gasteiger partial charge in [-0.15, -0.1) is 5.73 Å². The lowest BCUT2D eigenvalue weighted by molar-refractivity contribution is 0.723. The molecule has 0 aliphatic heterocycles. The van der Waals surface area contributed by atoms with Gasteiger partial charge in [0.25, 0.3) is 0 Å². The minimum atomic E-state index is -1.52. The first-order valence-corrected chi connectivity index (χ1v) is 9.57. The number of hydrogen-bond acceptors (Lipinski definition) is 0. The summed E-state index contributed by atoms with van der Waals surface area (Å²) in [4.78, 5) is 0. The Kier molecular flexibility index (Phi) is 5.47. The van der Waals surface area contributed by atoms with Crippen LogP contribution in [-0.4, -0.2) is 8.07 Å². The zero-order chi connectivity index (χ0) is 12.7. The van der Waals surface area contributed by atoms with Crippen molar-refractivity contribution >= 4 is 13.3 Å². The molecule has 0 N–H and O–H groups in total. The molecule has 17 heavy (non-hydrogen) atoms. The molecule has 1 rings (SSSR count). The summed E-state index contributed by atoms with van der Waals surface area (Å²) in [5.74, 6) is 0. The number of benzene rings is 1. The van der Waals surface area contributed by atoms with Crippen LogP contribution in [0.25, 0.3) is 0 Å². The first kappa shape index (κ1) is 14.0. The quantitative estimate of drug-likeness (QED) is 0.394. The van der Waals surface area contributed by atoms with Gasteiger partial charge in [0.05, 0.1) is 0 Å². The van der Waals surface area contributed by atoms with Crippen molar-refractivity contribution in [1.82, 2.24) is 0 Å². The summed E-state index contributed by atoms with van der Waals surface area (Å²) in [5.41, 5.74) is 3.23. The second-order valence-corrected chi connectivity index (χ2v) is 9.53. The Morgan fingerprint density at radius 3 is 2.35 bits per heavy atom. The van der Waals surface area contributed by atoms with Crippen LogP contribution in [0.1, 0.15) is 32.6 Å². The summed E-state index contributed by atoms with van der Waals surface area (Å²) in [6.07, 6.45) is 5.03. The van der Waals surface area contributed by atoms with E-state index in [4.69, 9.17) is 0 Å². The van der Waals surface area contributed by atoms with Crippen molar-refractivity contribution in [3.63, 3.8) is 0 Å². The van der Waals surface area contributed by atoms with Crippen LogP contribution in [0, 0.1) is 0 Å². The van der Waals surface area contributed by atoms with E-state index < -0.39 is 8.07 Å². The molecule has 0 heterocycles. The Morgan fingerprint density at radius 1 is 1.18 bits per heavy atom. The Balaban J connectivity index is 2.84. The fourth-order valence-corrected chi connectivity index (χ4v) is 4.82. The van der Waals surface area contributed by atoms with E-state index in [0.717, 1.165) is 0 Å². The van der Waals surface area contributed by atoms with Gasteiger partial charge in [0.15, 0.2) is 0 Å². The van der Waals surface area contributed by atoms with Crippen LogP contribution >= 0.6 is 0 Å². The van der Waals surface area contributed by atoms with Gasteiger partial charge in [0, 0.05) is 0 Å². The van der Waals surface area contributed by atoms with Crippen molar-refractivity contribution in [3.8, 4) is 0 Å². The molecule has 0 aliphatic carbocycles. The minimum Gasteiger partial charge on any atom is -0.134 e. The monoisotopic (exact) mass is 244 g/mol. The van der Waals surface area contributed by atoms with E-state index in [1.807, 2.05) is 0 Å². The fraction of sp³-hybridized carbons (Fsp3) is 0.438. The lowest BCUT2D eigenvalue weighted by Crippen LogP contribution is -2.43. The first-order chi connectivity index (χ1) is 8.12. The summed E-state index contributed by atoms with van der Waals surface area (Å²) in [7, 11) is -1.52. The van der Waals surface area contributed by atoms with E-state index in [-0.39, 0.29) is 0 Å². The van der Waals surface area contributed by atoms with Gasteiger partial charge in [-0.1, -0.05) is 75.0 Å². The first-order valence-electron chi connectivity index (χ1n) is 6.57. The van der Waals surface area contributed by atoms with Gasteiger partial charge in [0.1, 0.15) is 8.07 Å². The average Bonchev–Trinajstić information content (AvgIpc) is 2.35. The van der Waals surface area contributed by atoms with Gasteiger partial charge in [-0.2, -0.15) is 0 Å². The molecule has 0 bridgehead atoms. The summed E-state index contributed by atoms with van der Waals surface area (Å²) in [6, 6.07) is 10.9. The lowest BCUT2D eigenvalue weighted by Gasteiger charge is -2.25. The third kappa shape index (κ3) is 3.73. The van der Waals surface area contributed by atoms with Crippen LogP contribution < -0.4 is 5.19 Å². The van der Waals surface area contributed by atoms with Crippen molar-refractivity contribution in [2.24, 2.45) is 0 Å². The van der Waals surface area contributed by atoms with Crippen LogP contribution in [0.3, 0.4) is 0 Å². The highest BCUT2D eigenvalue weighted by atomic mass is 28.3. The summed E-state index contributed by atoms with van der Waals surface area (Å²) >= 11 is 0. The van der Waals surface area contributed by atoms with Crippen LogP contribution in [0.15, 0.2) is 47.8 Å². The van der Waals surface area contributed by atoms with Gasteiger partial charge in [0.2, 0.25) is 0 Å². The van der Waals surface area contributed by atoms with Crippen LogP contribution in [-0.2, 0) is 0 Å². The molecule has 0 saturated heterocycles. The molecule has 1 aromatic rings. The highest BCUT2D eigenvalue weighted by molar-refractivity contribution is 6.95. The zero-order valence-corrected chi connectivity index (χ0v) is 12.4. The third-order valence-corrected chi connectivity index (χ3v) is 7.21. The molecule has 0 fully saturated rings. The molecule has 0 aromatic heterocycles. The van der Waals surface area contributed by atoms with E-state index in [9.17, 15) is 0 Å². The maximum atomic E-state index is 3.90. The van der Waals surface area contributed by atoms with Crippen molar-refractivity contribution in [2.75, 3.05) is 0 Å². The molecule has 0 spiro atoms. The normalized spacial score (nSPS) is 11.0. The maximum absolute atomic E-state index is 3.90. The molecule has 0 saturated carbocycles. The molecule has 0 unspecified atom stereocenters. The molecule has 1 heteroatoms. The number of unbranched alkanes of at least 4 members (excludes halogenated alkanes) is 2. The average molecular weight is 244 g/mol. The highest BCUT2D eigenvalue weighted by Gasteiger charge is 2.27. The van der Waals surface area contributed by atoms with Crippen LogP contribution in [0.5, 0.6) is 0 Å². The van der Waals surface area contributed by atoms with Gasteiger partial charge in [-0.05, 0) is 18.0 Å². The molecule has 0 radical (unpaired) electrons. The van der Waals surface area contributed by atoms with Crippen LogP contribution in [0.2, 0.25) is 13.1 Å². The highest BCUT2D eigenvalue weighted by Crippen LogP contribution is 2.20. The summed E-state index contributed by atoms with van der Waals surface area (Å²) in [5, 5.41) is 2.96. The van der Waals surface area contributed by atoms with Crippen molar-refractivity contribution in [2.45, 2.75) is 45.7 Å². The van der Waals surface area contributed by atoms with E-state index in [1.165, 1.54) is 36.1 Å². The molecule has 0 aliphatic rings. The minimum absolute atomic E-state index is 1.17. The number of allylic oxidation sites excluding steroid dienone is 1. The van der Waals surface area contributed by atoms with E-state index in [1.54, 1.807) is 0 Å². The second-order valence-electron chi connectivity index (χ2n) is 5.10. The van der Waals surface area contributed by atoms with E-state index >= 15 is 0 Å². The molecule has 0 nitrogen and oxygen atoms in total. The SMILES string of the molecule is C=C=C(CCCCC)[Si](C)(C)c1ccccc1. The van der Waals surface area contributed by atoms with Gasteiger partial charge >= 0.3 is 0 Å². The third-order valence-electron chi connectivity index (χ3n) is 3.49. The van der Waals surface area contributed by atoms with Crippen molar-refractivity contribution < 1.29 is 0 Å². The van der Waals surface area contributed by atoms with Gasteiger partial charge in [-0.25, -0.2) is 0 Å². The standard InChI is InChI=1S/C16H24Si/c1-5-7-9-12-15(6-2)17(3,4)16-13-10-8-11-14-16/h8,10-11,13-14H,2,5,7,9,12H2,1,3-4H3. The number of rotatable bonds is 6. The van der Waals surface area contributed by atoms with E-state index in [2.05, 4.69) is 62.7 Å². The Labute approximate surface area is 107 Å². The Bertz CT molecular complexity index is 383. The number of hydrogen-bond donors (Lipinski definition) is 0. The largest absolute Gasteiger partial charge is 0.134 e.